The second kappa shape index (κ2) is 9.59. The van der Waals surface area contributed by atoms with Crippen LogP contribution >= 0.6 is 0 Å². The Bertz CT molecular complexity index is 1480. The average molecular weight is 470 g/mol. The van der Waals surface area contributed by atoms with Crippen molar-refractivity contribution in [2.45, 2.75) is 13.5 Å². The monoisotopic (exact) mass is 470 g/mol. The molecule has 3 aromatic heterocycles. The smallest absolute Gasteiger partial charge is 0.305 e. The molecule has 5 aromatic rings. The van der Waals surface area contributed by atoms with E-state index in [0.717, 1.165) is 16.6 Å². The largest absolute Gasteiger partial charge is 0.484 e. The topological polar surface area (TPSA) is 122 Å². The highest BCUT2D eigenvalue weighted by Gasteiger charge is 2.18. The van der Waals surface area contributed by atoms with Crippen molar-refractivity contribution >= 4 is 22.8 Å². The fourth-order valence-corrected chi connectivity index (χ4v) is 3.44. The molecule has 0 radical (unpaired) electrons. The first kappa shape index (κ1) is 22.0. The Kier molecular flexibility index (Phi) is 6.03. The van der Waals surface area contributed by atoms with Crippen molar-refractivity contribution in [3.8, 4) is 17.7 Å². The van der Waals surface area contributed by atoms with Gasteiger partial charge in [0.05, 0.1) is 16.7 Å². The number of aromatic nitrogens is 7. The highest BCUT2D eigenvalue weighted by molar-refractivity contribution is 5.90. The Labute approximate surface area is 200 Å². The second-order valence-electron chi connectivity index (χ2n) is 7.77. The van der Waals surface area contributed by atoms with E-state index in [1.807, 2.05) is 55.5 Å². The summed E-state index contributed by atoms with van der Waals surface area (Å²) in [6.07, 6.45) is 0. The van der Waals surface area contributed by atoms with Crippen LogP contribution in [0.3, 0.4) is 0 Å². The van der Waals surface area contributed by atoms with Crippen LogP contribution in [0.25, 0.3) is 17.0 Å². The van der Waals surface area contributed by atoms with Crippen molar-refractivity contribution in [2.24, 2.45) is 7.05 Å². The number of rotatable bonds is 8. The first-order chi connectivity index (χ1) is 17.1. The first-order valence-electron chi connectivity index (χ1n) is 10.8. The molecule has 35 heavy (non-hydrogen) atoms. The van der Waals surface area contributed by atoms with Crippen LogP contribution in [0.2, 0.25) is 0 Å². The van der Waals surface area contributed by atoms with Gasteiger partial charge in [0.2, 0.25) is 0 Å². The van der Waals surface area contributed by atoms with Gasteiger partial charge in [0.25, 0.3) is 11.9 Å². The molecule has 5 rings (SSSR count). The molecule has 0 saturated heterocycles. The molecule has 0 unspecified atom stereocenters. The zero-order chi connectivity index (χ0) is 24.2. The van der Waals surface area contributed by atoms with Crippen LogP contribution in [0.5, 0.6) is 11.8 Å². The summed E-state index contributed by atoms with van der Waals surface area (Å²) in [5.41, 5.74) is 3.28. The maximum Gasteiger partial charge on any atom is 0.305 e. The average Bonchev–Trinajstić information content (AvgIpc) is 3.45. The van der Waals surface area contributed by atoms with Crippen molar-refractivity contribution in [1.29, 1.82) is 0 Å². The molecule has 0 saturated carbocycles. The Morgan fingerprint density at radius 3 is 2.60 bits per heavy atom. The zero-order valence-electron chi connectivity index (χ0n) is 19.1. The molecule has 2 aromatic carbocycles. The molecule has 0 aliphatic heterocycles. The maximum absolute atomic E-state index is 12.3. The molecule has 0 aliphatic rings. The number of fused-ring (bicyclic) bond motifs is 1. The summed E-state index contributed by atoms with van der Waals surface area (Å²) in [5, 5.41) is 14.4. The number of carbonyl (C=O) groups is 1. The Hall–Kier alpha value is -4.80. The summed E-state index contributed by atoms with van der Waals surface area (Å²) >= 11 is 0. The molecule has 0 spiro atoms. The highest BCUT2D eigenvalue weighted by Crippen LogP contribution is 2.25. The van der Waals surface area contributed by atoms with Crippen molar-refractivity contribution in [3.63, 3.8) is 0 Å². The normalized spacial score (nSPS) is 10.9. The fraction of sp³-hybridized carbons (Fsp3) is 0.167. The van der Waals surface area contributed by atoms with Crippen molar-refractivity contribution in [3.05, 3.63) is 78.0 Å². The van der Waals surface area contributed by atoms with E-state index in [9.17, 15) is 4.79 Å². The molecular formula is C24H22N8O3. The van der Waals surface area contributed by atoms with Crippen LogP contribution in [-0.4, -0.2) is 47.3 Å². The molecule has 11 nitrogen and oxygen atoms in total. The lowest BCUT2D eigenvalue weighted by Gasteiger charge is -2.10. The molecule has 1 N–H and O–H groups in total. The Morgan fingerprint density at radius 2 is 1.80 bits per heavy atom. The number of imidazole rings is 1. The van der Waals surface area contributed by atoms with E-state index in [0.29, 0.717) is 29.2 Å². The lowest BCUT2D eigenvalue weighted by atomic mass is 10.2. The maximum atomic E-state index is 12.3. The number of carbonyl (C=O) groups excluding carboxylic acids is 1. The van der Waals surface area contributed by atoms with Gasteiger partial charge >= 0.3 is 6.01 Å². The van der Waals surface area contributed by atoms with Gasteiger partial charge in [-0.25, -0.2) is 14.2 Å². The first-order valence-corrected chi connectivity index (χ1v) is 10.8. The number of anilines is 1. The summed E-state index contributed by atoms with van der Waals surface area (Å²) in [6.45, 7) is 1.99. The van der Waals surface area contributed by atoms with Crippen molar-refractivity contribution in [1.82, 2.24) is 34.7 Å². The van der Waals surface area contributed by atoms with Crippen LogP contribution in [0.1, 0.15) is 11.3 Å². The van der Waals surface area contributed by atoms with E-state index >= 15 is 0 Å². The number of para-hydroxylation sites is 2. The van der Waals surface area contributed by atoms with Crippen LogP contribution in [0.15, 0.2) is 66.7 Å². The van der Waals surface area contributed by atoms with Crippen LogP contribution in [0, 0.1) is 6.92 Å². The molecule has 176 valence electrons. The van der Waals surface area contributed by atoms with E-state index in [2.05, 4.69) is 30.8 Å². The molecule has 1 amide bonds. The molecule has 0 atom stereocenters. The number of tetrazole rings is 1. The minimum Gasteiger partial charge on any atom is -0.484 e. The SMILES string of the molecule is Cc1ccc(OCC(=O)Nc2cccc(COc3nc4ccccc4n3-c3nnnn3C)n2)cc1. The highest BCUT2D eigenvalue weighted by atomic mass is 16.5. The second-order valence-corrected chi connectivity index (χ2v) is 7.77. The van der Waals surface area contributed by atoms with Crippen LogP contribution in [-0.2, 0) is 18.4 Å². The van der Waals surface area contributed by atoms with Gasteiger partial charge in [-0.05, 0) is 53.7 Å². The number of hydrogen-bond acceptors (Lipinski definition) is 8. The minimum absolute atomic E-state index is 0.123. The number of pyridine rings is 1. The van der Waals surface area contributed by atoms with E-state index < -0.39 is 0 Å². The van der Waals surface area contributed by atoms with E-state index in [4.69, 9.17) is 9.47 Å². The quantitative estimate of drug-likeness (QED) is 0.367. The van der Waals surface area contributed by atoms with Crippen LogP contribution in [0.4, 0.5) is 5.82 Å². The van der Waals surface area contributed by atoms with Gasteiger partial charge in [-0.2, -0.15) is 4.98 Å². The third-order valence-electron chi connectivity index (χ3n) is 5.14. The third-order valence-corrected chi connectivity index (χ3v) is 5.14. The molecule has 0 aliphatic carbocycles. The van der Waals surface area contributed by atoms with E-state index in [-0.39, 0.29) is 19.1 Å². The third kappa shape index (κ3) is 4.93. The molecule has 11 heteroatoms. The lowest BCUT2D eigenvalue weighted by Crippen LogP contribution is -2.21. The number of nitrogens with zero attached hydrogens (tertiary/aromatic N) is 7. The van der Waals surface area contributed by atoms with Gasteiger partial charge in [-0.3, -0.25) is 4.79 Å². The predicted molar refractivity (Wildman–Crippen MR) is 127 cm³/mol. The fourth-order valence-electron chi connectivity index (χ4n) is 3.44. The molecule has 0 fully saturated rings. The summed E-state index contributed by atoms with van der Waals surface area (Å²) in [6, 6.07) is 20.7. The van der Waals surface area contributed by atoms with Gasteiger partial charge in [0, 0.05) is 7.05 Å². The predicted octanol–water partition coefficient (Wildman–Crippen LogP) is 2.85. The summed E-state index contributed by atoms with van der Waals surface area (Å²) in [7, 11) is 1.74. The number of nitrogens with one attached hydrogen (secondary N) is 1. The molecule has 0 bridgehead atoms. The van der Waals surface area contributed by atoms with Crippen molar-refractivity contribution < 1.29 is 14.3 Å². The van der Waals surface area contributed by atoms with Gasteiger partial charge in [0.1, 0.15) is 18.2 Å². The van der Waals surface area contributed by atoms with Gasteiger partial charge in [0.15, 0.2) is 6.61 Å². The minimum atomic E-state index is -0.312. The Balaban J connectivity index is 1.27. The number of benzene rings is 2. The Morgan fingerprint density at radius 1 is 0.971 bits per heavy atom. The van der Waals surface area contributed by atoms with Crippen molar-refractivity contribution in [2.75, 3.05) is 11.9 Å². The molecule has 3 heterocycles. The van der Waals surface area contributed by atoms with Gasteiger partial charge in [-0.1, -0.05) is 41.0 Å². The number of hydrogen-bond donors (Lipinski definition) is 1. The number of amides is 1. The lowest BCUT2D eigenvalue weighted by molar-refractivity contribution is -0.118. The summed E-state index contributed by atoms with van der Waals surface area (Å²) in [5.74, 6) is 1.18. The van der Waals surface area contributed by atoms with Crippen LogP contribution < -0.4 is 14.8 Å². The molecular weight excluding hydrogens is 448 g/mol. The summed E-state index contributed by atoms with van der Waals surface area (Å²) < 4.78 is 14.8. The summed E-state index contributed by atoms with van der Waals surface area (Å²) in [4.78, 5) is 21.3. The van der Waals surface area contributed by atoms with E-state index in [1.165, 1.54) is 4.68 Å². The van der Waals surface area contributed by atoms with Gasteiger partial charge < -0.3 is 14.8 Å². The van der Waals surface area contributed by atoms with Gasteiger partial charge in [-0.15, -0.1) is 0 Å². The van der Waals surface area contributed by atoms with E-state index in [1.54, 1.807) is 29.8 Å². The number of ether oxygens (including phenoxy) is 2. The standard InChI is InChI=1S/C24H22N8O3/c1-16-10-12-18(13-11-16)34-15-22(33)27-21-9-5-6-17(25-21)14-35-24-26-19-7-3-4-8-20(19)32(24)23-28-29-30-31(23)2/h3-13H,14-15H2,1-2H3,(H,25,27,33). The zero-order valence-corrected chi connectivity index (χ0v) is 19.1. The number of aryl methyl sites for hydroxylation is 2.